The molecule has 5 nitrogen and oxygen atoms in total. The molecule has 0 atom stereocenters. The number of hydrogen-bond acceptors (Lipinski definition) is 3. The standard InChI is InChI=1S/C21H32FN3O2.ClH/c1-4-21(5-2,14-23)20(27)25-10-8-17(9-11-25)19(26)24-13-16-7-6-15(3)18(22)12-16;/h6-7,12,17H,4-5,8-11,13-14,23H2,1-3H3,(H,24,26);1H. The number of hydrogen-bond donors (Lipinski definition) is 2. The van der Waals surface area contributed by atoms with E-state index in [-0.39, 0.29) is 36.0 Å². The van der Waals surface area contributed by atoms with E-state index in [1.807, 2.05) is 24.8 Å². The molecule has 2 rings (SSSR count). The summed E-state index contributed by atoms with van der Waals surface area (Å²) < 4.78 is 13.6. The topological polar surface area (TPSA) is 75.4 Å². The average Bonchev–Trinajstić information content (AvgIpc) is 2.70. The van der Waals surface area contributed by atoms with Gasteiger partial charge in [0.25, 0.3) is 0 Å². The van der Waals surface area contributed by atoms with Gasteiger partial charge in [-0.25, -0.2) is 4.39 Å². The molecule has 2 amide bonds. The molecule has 0 bridgehead atoms. The van der Waals surface area contributed by atoms with Crippen LogP contribution in [0, 0.1) is 24.1 Å². The Morgan fingerprint density at radius 1 is 1.25 bits per heavy atom. The predicted molar refractivity (Wildman–Crippen MR) is 112 cm³/mol. The number of carbonyl (C=O) groups excluding carboxylic acids is 2. The van der Waals surface area contributed by atoms with E-state index in [4.69, 9.17) is 5.73 Å². The molecule has 0 saturated carbocycles. The fraction of sp³-hybridized carbons (Fsp3) is 0.619. The summed E-state index contributed by atoms with van der Waals surface area (Å²) in [5.41, 5.74) is 6.75. The van der Waals surface area contributed by atoms with Crippen LogP contribution in [0.5, 0.6) is 0 Å². The number of carbonyl (C=O) groups is 2. The second-order valence-electron chi connectivity index (χ2n) is 7.56. The molecule has 0 unspecified atom stereocenters. The molecule has 0 aliphatic carbocycles. The number of nitrogens with one attached hydrogen (secondary N) is 1. The number of amides is 2. The molecule has 1 aromatic rings. The van der Waals surface area contributed by atoms with Crippen molar-refractivity contribution >= 4 is 24.2 Å². The molecule has 7 heteroatoms. The van der Waals surface area contributed by atoms with Gasteiger partial charge in [-0.15, -0.1) is 12.4 Å². The monoisotopic (exact) mass is 413 g/mol. The molecule has 1 aromatic carbocycles. The van der Waals surface area contributed by atoms with Crippen LogP contribution in [0.25, 0.3) is 0 Å². The molecule has 0 aromatic heterocycles. The third-order valence-corrected chi connectivity index (χ3v) is 6.05. The molecule has 1 fully saturated rings. The summed E-state index contributed by atoms with van der Waals surface area (Å²) in [5, 5.41) is 2.89. The molecule has 1 aliphatic rings. The van der Waals surface area contributed by atoms with Crippen molar-refractivity contribution in [1.29, 1.82) is 0 Å². The summed E-state index contributed by atoms with van der Waals surface area (Å²) in [6.07, 6.45) is 2.75. The summed E-state index contributed by atoms with van der Waals surface area (Å²) in [6.45, 7) is 7.55. The Kier molecular flexibility index (Phi) is 9.37. The van der Waals surface area contributed by atoms with Crippen molar-refractivity contribution in [3.8, 4) is 0 Å². The highest BCUT2D eigenvalue weighted by molar-refractivity contribution is 5.85. The number of nitrogens with two attached hydrogens (primary N) is 1. The first-order chi connectivity index (χ1) is 12.9. The number of halogens is 2. The van der Waals surface area contributed by atoms with E-state index in [0.717, 1.165) is 18.4 Å². The molecular weight excluding hydrogens is 381 g/mol. The lowest BCUT2D eigenvalue weighted by atomic mass is 9.80. The maximum atomic E-state index is 13.6. The quantitative estimate of drug-likeness (QED) is 0.720. The van der Waals surface area contributed by atoms with Gasteiger partial charge in [-0.1, -0.05) is 26.0 Å². The van der Waals surface area contributed by atoms with Crippen LogP contribution in [0.15, 0.2) is 18.2 Å². The Balaban J connectivity index is 0.00000392. The number of benzene rings is 1. The summed E-state index contributed by atoms with van der Waals surface area (Å²) >= 11 is 0. The second kappa shape index (κ2) is 10.8. The zero-order chi connectivity index (χ0) is 20.0. The Labute approximate surface area is 173 Å². The highest BCUT2D eigenvalue weighted by Gasteiger charge is 2.38. The van der Waals surface area contributed by atoms with Crippen molar-refractivity contribution in [2.45, 2.75) is 53.0 Å². The van der Waals surface area contributed by atoms with E-state index in [1.54, 1.807) is 13.0 Å². The molecule has 158 valence electrons. The van der Waals surface area contributed by atoms with E-state index in [2.05, 4.69) is 5.32 Å². The van der Waals surface area contributed by atoms with Crippen molar-refractivity contribution in [3.05, 3.63) is 35.1 Å². The van der Waals surface area contributed by atoms with Crippen molar-refractivity contribution < 1.29 is 14.0 Å². The molecule has 0 spiro atoms. The Morgan fingerprint density at radius 2 is 1.86 bits per heavy atom. The lowest BCUT2D eigenvalue weighted by Crippen LogP contribution is -2.51. The molecular formula is C21H33ClFN3O2. The van der Waals surface area contributed by atoms with Gasteiger partial charge in [0.2, 0.25) is 11.8 Å². The summed E-state index contributed by atoms with van der Waals surface area (Å²) in [5.74, 6) is -0.285. The summed E-state index contributed by atoms with van der Waals surface area (Å²) in [4.78, 5) is 27.2. The van der Waals surface area contributed by atoms with Crippen LogP contribution >= 0.6 is 12.4 Å². The fourth-order valence-electron chi connectivity index (χ4n) is 3.69. The van der Waals surface area contributed by atoms with Crippen LogP contribution in [0.2, 0.25) is 0 Å². The number of rotatable bonds is 7. The highest BCUT2D eigenvalue weighted by atomic mass is 35.5. The van der Waals surface area contributed by atoms with Gasteiger partial charge in [-0.3, -0.25) is 9.59 Å². The number of piperidine rings is 1. The second-order valence-corrected chi connectivity index (χ2v) is 7.56. The largest absolute Gasteiger partial charge is 0.352 e. The Bertz CT molecular complexity index is 663. The van der Waals surface area contributed by atoms with E-state index in [1.165, 1.54) is 6.07 Å². The minimum atomic E-state index is -0.482. The minimum absolute atomic E-state index is 0. The van der Waals surface area contributed by atoms with E-state index in [9.17, 15) is 14.0 Å². The Morgan fingerprint density at radius 3 is 2.36 bits per heavy atom. The lowest BCUT2D eigenvalue weighted by Gasteiger charge is -2.38. The van der Waals surface area contributed by atoms with Crippen LogP contribution in [-0.4, -0.2) is 36.3 Å². The summed E-state index contributed by atoms with van der Waals surface area (Å²) in [7, 11) is 0. The minimum Gasteiger partial charge on any atom is -0.352 e. The smallest absolute Gasteiger partial charge is 0.230 e. The van der Waals surface area contributed by atoms with Crippen LogP contribution < -0.4 is 11.1 Å². The maximum absolute atomic E-state index is 13.6. The normalized spacial score (nSPS) is 15.1. The lowest BCUT2D eigenvalue weighted by molar-refractivity contribution is -0.145. The van der Waals surface area contributed by atoms with Crippen LogP contribution in [0.4, 0.5) is 4.39 Å². The van der Waals surface area contributed by atoms with Gasteiger partial charge in [-0.2, -0.15) is 0 Å². The van der Waals surface area contributed by atoms with Crippen molar-refractivity contribution in [2.75, 3.05) is 19.6 Å². The number of likely N-dealkylation sites (tertiary alicyclic amines) is 1. The van der Waals surface area contributed by atoms with Gasteiger partial charge in [0.05, 0.1) is 5.41 Å². The first-order valence-electron chi connectivity index (χ1n) is 9.89. The first-order valence-corrected chi connectivity index (χ1v) is 9.89. The van der Waals surface area contributed by atoms with Crippen LogP contribution in [0.3, 0.4) is 0 Å². The average molecular weight is 414 g/mol. The van der Waals surface area contributed by atoms with Gasteiger partial charge in [0, 0.05) is 32.1 Å². The van der Waals surface area contributed by atoms with E-state index in [0.29, 0.717) is 44.6 Å². The third-order valence-electron chi connectivity index (χ3n) is 6.05. The van der Waals surface area contributed by atoms with E-state index < -0.39 is 5.41 Å². The zero-order valence-electron chi connectivity index (χ0n) is 17.1. The molecule has 3 N–H and O–H groups in total. The molecule has 1 aliphatic heterocycles. The molecule has 1 heterocycles. The van der Waals surface area contributed by atoms with Crippen LogP contribution in [0.1, 0.15) is 50.7 Å². The number of nitrogens with zero attached hydrogens (tertiary/aromatic N) is 1. The molecule has 28 heavy (non-hydrogen) atoms. The molecule has 0 radical (unpaired) electrons. The van der Waals surface area contributed by atoms with Crippen LogP contribution in [-0.2, 0) is 16.1 Å². The van der Waals surface area contributed by atoms with Crippen molar-refractivity contribution in [1.82, 2.24) is 10.2 Å². The zero-order valence-corrected chi connectivity index (χ0v) is 17.9. The fourth-order valence-corrected chi connectivity index (χ4v) is 3.69. The van der Waals surface area contributed by atoms with E-state index >= 15 is 0 Å². The maximum Gasteiger partial charge on any atom is 0.230 e. The first kappa shape index (κ1) is 24.4. The van der Waals surface area contributed by atoms with Gasteiger partial charge in [0.15, 0.2) is 0 Å². The van der Waals surface area contributed by atoms with Crippen molar-refractivity contribution in [3.63, 3.8) is 0 Å². The Hall–Kier alpha value is -1.66. The third kappa shape index (κ3) is 5.45. The van der Waals surface area contributed by atoms with Crippen molar-refractivity contribution in [2.24, 2.45) is 17.1 Å². The molecule has 1 saturated heterocycles. The van der Waals surface area contributed by atoms with Gasteiger partial charge in [-0.05, 0) is 49.8 Å². The summed E-state index contributed by atoms with van der Waals surface area (Å²) in [6, 6.07) is 4.99. The van der Waals surface area contributed by atoms with Gasteiger partial charge < -0.3 is 16.0 Å². The number of aryl methyl sites for hydroxylation is 1. The predicted octanol–water partition coefficient (Wildman–Crippen LogP) is 3.18. The highest BCUT2D eigenvalue weighted by Crippen LogP contribution is 2.30. The van der Waals surface area contributed by atoms with Gasteiger partial charge in [0.1, 0.15) is 5.82 Å². The SMILES string of the molecule is CCC(CC)(CN)C(=O)N1CCC(C(=O)NCc2ccc(C)c(F)c2)CC1.Cl. The van der Waals surface area contributed by atoms with Gasteiger partial charge >= 0.3 is 0 Å².